The SMILES string of the molecule is N#Cc1nc(COc2ccccc2F)oc1N1CCCCC1. The summed E-state index contributed by atoms with van der Waals surface area (Å²) in [7, 11) is 0. The minimum Gasteiger partial charge on any atom is -0.481 e. The van der Waals surface area contributed by atoms with E-state index in [0.29, 0.717) is 5.88 Å². The van der Waals surface area contributed by atoms with Gasteiger partial charge in [-0.1, -0.05) is 12.1 Å². The predicted molar refractivity (Wildman–Crippen MR) is 78.0 cm³/mol. The van der Waals surface area contributed by atoms with Gasteiger partial charge in [0.2, 0.25) is 17.5 Å². The summed E-state index contributed by atoms with van der Waals surface area (Å²) in [5.41, 5.74) is 0.258. The van der Waals surface area contributed by atoms with Crippen molar-refractivity contribution in [2.75, 3.05) is 18.0 Å². The van der Waals surface area contributed by atoms with Crippen molar-refractivity contribution in [1.29, 1.82) is 5.26 Å². The number of para-hydroxylation sites is 1. The number of aromatic nitrogens is 1. The van der Waals surface area contributed by atoms with Crippen LogP contribution in [0.1, 0.15) is 30.8 Å². The van der Waals surface area contributed by atoms with Crippen molar-refractivity contribution in [3.8, 4) is 11.8 Å². The van der Waals surface area contributed by atoms with Crippen molar-refractivity contribution in [3.05, 3.63) is 41.7 Å². The maximum atomic E-state index is 13.5. The lowest BCUT2D eigenvalue weighted by atomic mass is 10.1. The molecule has 114 valence electrons. The van der Waals surface area contributed by atoms with Crippen LogP contribution in [0, 0.1) is 17.1 Å². The number of oxazole rings is 1. The third kappa shape index (κ3) is 3.03. The molecule has 22 heavy (non-hydrogen) atoms. The van der Waals surface area contributed by atoms with E-state index in [4.69, 9.17) is 9.15 Å². The van der Waals surface area contributed by atoms with E-state index < -0.39 is 5.82 Å². The van der Waals surface area contributed by atoms with Crippen LogP contribution in [0.5, 0.6) is 5.75 Å². The number of nitrogens with zero attached hydrogens (tertiary/aromatic N) is 3. The molecule has 0 bridgehead atoms. The van der Waals surface area contributed by atoms with Gasteiger partial charge in [-0.2, -0.15) is 10.2 Å². The molecule has 0 atom stereocenters. The quantitative estimate of drug-likeness (QED) is 0.867. The molecule has 1 aromatic carbocycles. The number of hydrogen-bond acceptors (Lipinski definition) is 5. The zero-order chi connectivity index (χ0) is 15.4. The van der Waals surface area contributed by atoms with E-state index in [1.165, 1.54) is 18.6 Å². The summed E-state index contributed by atoms with van der Waals surface area (Å²) in [6, 6.07) is 8.19. The maximum absolute atomic E-state index is 13.5. The Hall–Kier alpha value is -2.55. The molecule has 0 saturated carbocycles. The molecular formula is C16H16FN3O2. The van der Waals surface area contributed by atoms with E-state index in [-0.39, 0.29) is 23.9 Å². The highest BCUT2D eigenvalue weighted by molar-refractivity contribution is 5.48. The van der Waals surface area contributed by atoms with Crippen LogP contribution < -0.4 is 9.64 Å². The molecule has 0 spiro atoms. The van der Waals surface area contributed by atoms with Crippen LogP contribution in [0.4, 0.5) is 10.3 Å². The molecule has 2 aromatic rings. The van der Waals surface area contributed by atoms with Crippen molar-refractivity contribution >= 4 is 5.88 Å². The van der Waals surface area contributed by atoms with Crippen molar-refractivity contribution in [2.45, 2.75) is 25.9 Å². The molecule has 5 nitrogen and oxygen atoms in total. The van der Waals surface area contributed by atoms with E-state index >= 15 is 0 Å². The highest BCUT2D eigenvalue weighted by Gasteiger charge is 2.21. The summed E-state index contributed by atoms with van der Waals surface area (Å²) in [6.07, 6.45) is 3.34. The smallest absolute Gasteiger partial charge is 0.236 e. The highest BCUT2D eigenvalue weighted by Crippen LogP contribution is 2.26. The zero-order valence-electron chi connectivity index (χ0n) is 12.1. The van der Waals surface area contributed by atoms with Gasteiger partial charge in [0.05, 0.1) is 0 Å². The first-order chi connectivity index (χ1) is 10.8. The third-order valence-electron chi connectivity index (χ3n) is 3.59. The molecule has 0 unspecified atom stereocenters. The molecule has 0 amide bonds. The minimum absolute atomic E-state index is 0.0105. The molecule has 3 rings (SSSR count). The number of benzene rings is 1. The normalized spacial score (nSPS) is 14.6. The largest absolute Gasteiger partial charge is 0.481 e. The van der Waals surface area contributed by atoms with Crippen molar-refractivity contribution in [1.82, 2.24) is 4.98 Å². The minimum atomic E-state index is -0.439. The number of nitriles is 1. The molecule has 1 aliphatic heterocycles. The van der Waals surface area contributed by atoms with E-state index in [2.05, 4.69) is 4.98 Å². The van der Waals surface area contributed by atoms with Crippen molar-refractivity contribution in [2.24, 2.45) is 0 Å². The van der Waals surface area contributed by atoms with Crippen LogP contribution in [-0.4, -0.2) is 18.1 Å². The fourth-order valence-electron chi connectivity index (χ4n) is 2.50. The van der Waals surface area contributed by atoms with Gasteiger partial charge in [0.25, 0.3) is 0 Å². The highest BCUT2D eigenvalue weighted by atomic mass is 19.1. The van der Waals surface area contributed by atoms with Crippen LogP contribution in [0.15, 0.2) is 28.7 Å². The Bertz CT molecular complexity index is 687. The summed E-state index contributed by atoms with van der Waals surface area (Å²) in [4.78, 5) is 6.16. The molecule has 1 aliphatic rings. The Balaban J connectivity index is 1.73. The third-order valence-corrected chi connectivity index (χ3v) is 3.59. The lowest BCUT2D eigenvalue weighted by Gasteiger charge is -2.25. The van der Waals surface area contributed by atoms with Gasteiger partial charge < -0.3 is 14.1 Å². The van der Waals surface area contributed by atoms with Crippen LogP contribution in [-0.2, 0) is 6.61 Å². The van der Waals surface area contributed by atoms with Gasteiger partial charge in [0, 0.05) is 13.1 Å². The predicted octanol–water partition coefficient (Wildman–Crippen LogP) is 3.25. The summed E-state index contributed by atoms with van der Waals surface area (Å²) in [5.74, 6) is 0.472. The number of ether oxygens (including phenoxy) is 1. The fraction of sp³-hybridized carbons (Fsp3) is 0.375. The Kier molecular flexibility index (Phi) is 4.24. The van der Waals surface area contributed by atoms with Crippen LogP contribution >= 0.6 is 0 Å². The number of piperidine rings is 1. The Morgan fingerprint density at radius 1 is 1.27 bits per heavy atom. The summed E-state index contributed by atoms with van der Waals surface area (Å²) in [5, 5.41) is 9.19. The Labute approximate surface area is 127 Å². The van der Waals surface area contributed by atoms with E-state index in [1.54, 1.807) is 12.1 Å². The van der Waals surface area contributed by atoms with E-state index in [0.717, 1.165) is 25.9 Å². The van der Waals surface area contributed by atoms with Gasteiger partial charge in [0.15, 0.2) is 18.2 Å². The molecule has 2 heterocycles. The second-order valence-corrected chi connectivity index (χ2v) is 5.14. The number of hydrogen-bond donors (Lipinski definition) is 0. The number of anilines is 1. The molecule has 6 heteroatoms. The first-order valence-electron chi connectivity index (χ1n) is 7.30. The Morgan fingerprint density at radius 3 is 2.77 bits per heavy atom. The summed E-state index contributed by atoms with van der Waals surface area (Å²) >= 11 is 0. The maximum Gasteiger partial charge on any atom is 0.236 e. The van der Waals surface area contributed by atoms with Gasteiger partial charge in [-0.3, -0.25) is 0 Å². The summed E-state index contributed by atoms with van der Waals surface area (Å²) in [6.45, 7) is 1.71. The fourth-order valence-corrected chi connectivity index (χ4v) is 2.50. The van der Waals surface area contributed by atoms with Crippen LogP contribution in [0.25, 0.3) is 0 Å². The molecule has 0 aliphatic carbocycles. The molecule has 1 saturated heterocycles. The monoisotopic (exact) mass is 301 g/mol. The van der Waals surface area contributed by atoms with Gasteiger partial charge in [-0.15, -0.1) is 0 Å². The number of rotatable bonds is 4. The van der Waals surface area contributed by atoms with Crippen LogP contribution in [0.2, 0.25) is 0 Å². The zero-order valence-corrected chi connectivity index (χ0v) is 12.1. The van der Waals surface area contributed by atoms with E-state index in [9.17, 15) is 9.65 Å². The van der Waals surface area contributed by atoms with Gasteiger partial charge >= 0.3 is 0 Å². The lowest BCUT2D eigenvalue weighted by molar-refractivity contribution is 0.252. The molecule has 0 N–H and O–H groups in total. The topological polar surface area (TPSA) is 62.3 Å². The van der Waals surface area contributed by atoms with Crippen molar-refractivity contribution < 1.29 is 13.5 Å². The molecule has 1 fully saturated rings. The first-order valence-corrected chi connectivity index (χ1v) is 7.30. The summed E-state index contributed by atoms with van der Waals surface area (Å²) < 4.78 is 24.5. The average Bonchev–Trinajstić information content (AvgIpc) is 2.98. The molecule has 1 aromatic heterocycles. The lowest BCUT2D eigenvalue weighted by Crippen LogP contribution is -2.29. The van der Waals surface area contributed by atoms with Gasteiger partial charge in [-0.25, -0.2) is 4.39 Å². The molecule has 0 radical (unpaired) electrons. The Morgan fingerprint density at radius 2 is 2.05 bits per heavy atom. The molecular weight excluding hydrogens is 285 g/mol. The van der Waals surface area contributed by atoms with E-state index in [1.807, 2.05) is 11.0 Å². The van der Waals surface area contributed by atoms with Crippen LogP contribution in [0.3, 0.4) is 0 Å². The van der Waals surface area contributed by atoms with Crippen molar-refractivity contribution in [3.63, 3.8) is 0 Å². The second-order valence-electron chi connectivity index (χ2n) is 5.14. The first kappa shape index (κ1) is 14.4. The van der Waals surface area contributed by atoms with Gasteiger partial charge in [0.1, 0.15) is 6.07 Å². The number of halogens is 1. The second kappa shape index (κ2) is 6.48. The van der Waals surface area contributed by atoms with Gasteiger partial charge in [-0.05, 0) is 31.4 Å². The average molecular weight is 301 g/mol. The standard InChI is InChI=1S/C16H16FN3O2/c17-12-6-2-3-7-14(12)21-11-15-19-13(10-18)16(22-15)20-8-4-1-5-9-20/h2-3,6-7H,1,4-5,8-9,11H2.